The van der Waals surface area contributed by atoms with Gasteiger partial charge in [0.15, 0.2) is 0 Å². The lowest BCUT2D eigenvalue weighted by Crippen LogP contribution is -2.62. The summed E-state index contributed by atoms with van der Waals surface area (Å²) in [5.74, 6) is -2.04. The number of carbonyl (C=O) groups excluding carboxylic acids is 7. The van der Waals surface area contributed by atoms with E-state index in [2.05, 4.69) is 16.0 Å². The van der Waals surface area contributed by atoms with Crippen LogP contribution < -0.4 is 16.0 Å². The van der Waals surface area contributed by atoms with Gasteiger partial charge in [-0.15, -0.1) is 11.8 Å². The number of nitrogens with one attached hydrogen (secondary N) is 3. The molecule has 0 aromatic heterocycles. The minimum atomic E-state index is -1.34. The average Bonchev–Trinajstić information content (AvgIpc) is 4.16. The molecule has 0 bridgehead atoms. The Morgan fingerprint density at radius 2 is 1.60 bits per heavy atom. The molecule has 67 heavy (non-hydrogen) atoms. The second kappa shape index (κ2) is 25.1. The Balaban J connectivity index is 1.21. The van der Waals surface area contributed by atoms with E-state index in [0.29, 0.717) is 38.6 Å². The molecular weight excluding hydrogens is 875 g/mol. The molecule has 1 saturated carbocycles. The van der Waals surface area contributed by atoms with Gasteiger partial charge in [0.1, 0.15) is 11.6 Å². The normalized spacial score (nSPS) is 20.4. The van der Waals surface area contributed by atoms with Crippen molar-refractivity contribution in [3.8, 4) is 0 Å². The number of benzene rings is 1. The number of rotatable bonds is 25. The van der Waals surface area contributed by atoms with Crippen molar-refractivity contribution in [3.05, 3.63) is 48.0 Å². The lowest BCUT2D eigenvalue weighted by atomic mass is 9.88. The van der Waals surface area contributed by atoms with E-state index >= 15 is 0 Å². The summed E-state index contributed by atoms with van der Waals surface area (Å²) in [6, 6.07) is 8.04. The molecule has 0 spiro atoms. The quantitative estimate of drug-likeness (QED) is 0.0932. The van der Waals surface area contributed by atoms with Crippen LogP contribution in [0.1, 0.15) is 111 Å². The fourth-order valence-corrected chi connectivity index (χ4v) is 11.0. The largest absolute Gasteiger partial charge is 0.379 e. The van der Waals surface area contributed by atoms with Crippen LogP contribution in [0.15, 0.2) is 47.5 Å². The number of aliphatic imine (C=N–C) groups is 1. The van der Waals surface area contributed by atoms with Crippen LogP contribution in [0.25, 0.3) is 0 Å². The molecule has 17 heteroatoms. The smallest absolute Gasteiger partial charge is 0.253 e. The number of hydrogen-bond acceptors (Lipinski definition) is 11. The molecule has 4 aliphatic rings. The predicted octanol–water partition coefficient (Wildman–Crippen LogP) is 4.44. The molecule has 7 amide bonds. The number of ether oxygens (including phenoxy) is 2. The molecule has 1 saturated heterocycles. The minimum Gasteiger partial charge on any atom is -0.379 e. The van der Waals surface area contributed by atoms with Crippen molar-refractivity contribution in [1.29, 1.82) is 0 Å². The number of methoxy groups -OCH3 is 2. The Morgan fingerprint density at radius 3 is 2.21 bits per heavy atom. The van der Waals surface area contributed by atoms with Crippen LogP contribution in [0.2, 0.25) is 0 Å². The van der Waals surface area contributed by atoms with E-state index in [1.54, 1.807) is 51.8 Å². The van der Waals surface area contributed by atoms with Gasteiger partial charge in [0.2, 0.25) is 29.5 Å². The second-order valence-corrected chi connectivity index (χ2v) is 20.5. The van der Waals surface area contributed by atoms with Crippen LogP contribution >= 0.6 is 11.8 Å². The molecule has 1 aliphatic carbocycles. The number of likely N-dealkylation sites (tertiary alicyclic amines) is 1. The van der Waals surface area contributed by atoms with E-state index in [1.165, 1.54) is 17.1 Å². The zero-order valence-electron chi connectivity index (χ0n) is 40.9. The number of unbranched alkanes of at least 4 members (excludes halogenated alkanes) is 2. The number of imide groups is 1. The highest BCUT2D eigenvalue weighted by Gasteiger charge is 2.45. The number of amides is 7. The number of hydrogen-bond donors (Lipinski definition) is 3. The number of thioether (sulfide) groups is 1. The SMILES string of the molecule is COC(CC(=O)N1CCCC1C(OC)C(C)C(=O)NC(Cc1ccccc1)C1=NCCS1)C(C1CCCC1)N(C)C(=O)C(NC(=O)C(C)(C)NC(=O)CCCCCN1C(=O)C=CC1=O)C(C)C. The van der Waals surface area contributed by atoms with E-state index in [1.807, 2.05) is 56.0 Å². The topological polar surface area (TPSA) is 196 Å². The molecule has 1 aromatic carbocycles. The molecule has 5 rings (SSSR count). The number of carbonyl (C=O) groups is 7. The molecule has 7 atom stereocenters. The molecule has 1 aromatic rings. The third-order valence-electron chi connectivity index (χ3n) is 13.8. The highest BCUT2D eigenvalue weighted by molar-refractivity contribution is 8.14. The Hall–Kier alpha value is -4.61. The first kappa shape index (κ1) is 53.3. The van der Waals surface area contributed by atoms with Crippen molar-refractivity contribution in [3.63, 3.8) is 0 Å². The standard InChI is InChI=1S/C50H75N7O9S/c1-32(2)43(53-49(64)50(4,5)54-39(58)23-13-10-16-27-57-40(59)24-25-41(57)60)48(63)55(6)44(35-20-14-15-21-35)38(65-7)31-42(61)56-28-17-22-37(56)45(66-8)33(3)46(62)52-36(47-51-26-29-67-47)30-34-18-11-9-12-19-34/h9,11-12,18-19,24-25,32-33,35-38,43-45H,10,13-17,20-23,26-31H2,1-8H3,(H,52,62)(H,53,64)(H,54,58). The van der Waals surface area contributed by atoms with Crippen LogP contribution in [0, 0.1) is 17.8 Å². The predicted molar refractivity (Wildman–Crippen MR) is 259 cm³/mol. The first-order chi connectivity index (χ1) is 32.0. The first-order valence-electron chi connectivity index (χ1n) is 24.3. The zero-order chi connectivity index (χ0) is 48.8. The molecule has 3 heterocycles. The summed E-state index contributed by atoms with van der Waals surface area (Å²) >= 11 is 1.67. The van der Waals surface area contributed by atoms with E-state index in [4.69, 9.17) is 14.5 Å². The van der Waals surface area contributed by atoms with E-state index in [-0.39, 0.29) is 78.7 Å². The third kappa shape index (κ3) is 14.2. The van der Waals surface area contributed by atoms with Crippen molar-refractivity contribution in [2.24, 2.45) is 22.7 Å². The minimum absolute atomic E-state index is 0.0163. The summed E-state index contributed by atoms with van der Waals surface area (Å²) in [4.78, 5) is 103. The summed E-state index contributed by atoms with van der Waals surface area (Å²) in [7, 11) is 4.89. The summed E-state index contributed by atoms with van der Waals surface area (Å²) in [5, 5.41) is 9.94. The van der Waals surface area contributed by atoms with Crippen LogP contribution in [0.4, 0.5) is 0 Å². The van der Waals surface area contributed by atoms with Crippen molar-refractivity contribution in [2.75, 3.05) is 46.7 Å². The van der Waals surface area contributed by atoms with Gasteiger partial charge in [-0.1, -0.05) is 70.4 Å². The van der Waals surface area contributed by atoms with Crippen LogP contribution in [-0.4, -0.2) is 150 Å². The molecule has 0 radical (unpaired) electrons. The molecule has 7 unspecified atom stereocenters. The van der Waals surface area contributed by atoms with Crippen LogP contribution in [0.3, 0.4) is 0 Å². The van der Waals surface area contributed by atoms with Crippen LogP contribution in [-0.2, 0) is 49.5 Å². The second-order valence-electron chi connectivity index (χ2n) is 19.4. The van der Waals surface area contributed by atoms with Gasteiger partial charge in [-0.25, -0.2) is 0 Å². The van der Waals surface area contributed by atoms with E-state index in [9.17, 15) is 33.6 Å². The highest BCUT2D eigenvalue weighted by Crippen LogP contribution is 2.35. The molecule has 3 aliphatic heterocycles. The maximum atomic E-state index is 14.6. The summed E-state index contributed by atoms with van der Waals surface area (Å²) < 4.78 is 12.2. The maximum Gasteiger partial charge on any atom is 0.253 e. The van der Waals surface area contributed by atoms with Crippen molar-refractivity contribution in [1.82, 2.24) is 30.7 Å². The molecule has 2 fully saturated rings. The van der Waals surface area contributed by atoms with Gasteiger partial charge in [-0.05, 0) is 76.2 Å². The van der Waals surface area contributed by atoms with Gasteiger partial charge >= 0.3 is 0 Å². The van der Waals surface area contributed by atoms with Gasteiger partial charge < -0.3 is 35.2 Å². The Labute approximate surface area is 401 Å². The molecular formula is C50H75N7O9S. The summed E-state index contributed by atoms with van der Waals surface area (Å²) in [6.45, 7) is 10.3. The zero-order valence-corrected chi connectivity index (χ0v) is 41.7. The molecule has 370 valence electrons. The van der Waals surface area contributed by atoms with Crippen LogP contribution in [0.5, 0.6) is 0 Å². The monoisotopic (exact) mass is 950 g/mol. The van der Waals surface area contributed by atoms with Gasteiger partial charge in [-0.3, -0.25) is 43.5 Å². The Morgan fingerprint density at radius 1 is 0.910 bits per heavy atom. The van der Waals surface area contributed by atoms with Gasteiger partial charge in [-0.2, -0.15) is 0 Å². The third-order valence-corrected chi connectivity index (χ3v) is 14.9. The van der Waals surface area contributed by atoms with E-state index in [0.717, 1.165) is 55.0 Å². The van der Waals surface area contributed by atoms with Crippen molar-refractivity contribution < 1.29 is 43.0 Å². The van der Waals surface area contributed by atoms with Gasteiger partial charge in [0.05, 0.1) is 47.7 Å². The number of likely N-dealkylation sites (N-methyl/N-ethyl adjacent to an activating group) is 1. The fourth-order valence-electron chi connectivity index (χ4n) is 10.1. The van der Waals surface area contributed by atoms with E-state index < -0.39 is 41.7 Å². The van der Waals surface area contributed by atoms with Crippen molar-refractivity contribution in [2.45, 2.75) is 154 Å². The number of nitrogens with zero attached hydrogens (tertiary/aromatic N) is 4. The lowest BCUT2D eigenvalue weighted by molar-refractivity contribution is -0.148. The van der Waals surface area contributed by atoms with Crippen molar-refractivity contribution >= 4 is 58.2 Å². The average molecular weight is 950 g/mol. The Bertz CT molecular complexity index is 1940. The maximum absolute atomic E-state index is 14.6. The van der Waals surface area contributed by atoms with Gasteiger partial charge in [0, 0.05) is 65.2 Å². The summed E-state index contributed by atoms with van der Waals surface area (Å²) in [6.07, 6.45) is 8.87. The molecule has 3 N–H and O–H groups in total. The first-order valence-corrected chi connectivity index (χ1v) is 25.2. The highest BCUT2D eigenvalue weighted by atomic mass is 32.2. The Kier molecular flexibility index (Phi) is 20.0. The van der Waals surface area contributed by atoms with Gasteiger partial charge in [0.25, 0.3) is 11.8 Å². The molecule has 16 nitrogen and oxygen atoms in total. The summed E-state index contributed by atoms with van der Waals surface area (Å²) in [5.41, 5.74) is -0.238. The lowest BCUT2D eigenvalue weighted by Gasteiger charge is -2.41. The fraction of sp³-hybridized carbons (Fsp3) is 0.680.